The molecule has 0 aromatic carbocycles. The summed E-state index contributed by atoms with van der Waals surface area (Å²) in [5.41, 5.74) is 0. The summed E-state index contributed by atoms with van der Waals surface area (Å²) in [5, 5.41) is 3.45. The molecule has 16 heavy (non-hydrogen) atoms. The first kappa shape index (κ1) is 13.9. The van der Waals surface area contributed by atoms with Crippen LogP contribution in [0, 0.1) is 11.8 Å². The van der Waals surface area contributed by atoms with Crippen molar-refractivity contribution in [3.05, 3.63) is 0 Å². The van der Waals surface area contributed by atoms with Gasteiger partial charge < -0.3 is 14.8 Å². The van der Waals surface area contributed by atoms with Crippen molar-refractivity contribution in [2.24, 2.45) is 11.8 Å². The van der Waals surface area contributed by atoms with E-state index in [9.17, 15) is 0 Å². The Labute approximate surface area is 99.9 Å². The van der Waals surface area contributed by atoms with Gasteiger partial charge in [0.2, 0.25) is 0 Å². The van der Waals surface area contributed by atoms with E-state index in [0.717, 1.165) is 13.0 Å². The van der Waals surface area contributed by atoms with Crippen LogP contribution in [0.1, 0.15) is 33.6 Å². The van der Waals surface area contributed by atoms with E-state index in [-0.39, 0.29) is 0 Å². The van der Waals surface area contributed by atoms with Crippen LogP contribution in [0.25, 0.3) is 0 Å². The van der Waals surface area contributed by atoms with E-state index in [2.05, 4.69) is 33.1 Å². The highest BCUT2D eigenvalue weighted by molar-refractivity contribution is 4.91. The minimum atomic E-state index is 0.366. The standard InChI is InChI=1S/C13H27NO2/c1-9-10(2)16-11(3)13(9)12(14-4)7-6-8-15-5/h9-14H,6-8H2,1-5H3. The van der Waals surface area contributed by atoms with Crippen LogP contribution in [0.5, 0.6) is 0 Å². The van der Waals surface area contributed by atoms with Crippen LogP contribution >= 0.6 is 0 Å². The van der Waals surface area contributed by atoms with Gasteiger partial charge in [0, 0.05) is 25.7 Å². The molecule has 1 heterocycles. The summed E-state index contributed by atoms with van der Waals surface area (Å²) < 4.78 is 11.0. The van der Waals surface area contributed by atoms with Gasteiger partial charge in [-0.2, -0.15) is 0 Å². The molecule has 1 saturated heterocycles. The predicted octanol–water partition coefficient (Wildman–Crippen LogP) is 2.06. The zero-order valence-electron chi connectivity index (χ0n) is 11.3. The highest BCUT2D eigenvalue weighted by atomic mass is 16.5. The van der Waals surface area contributed by atoms with Gasteiger partial charge in [-0.05, 0) is 39.7 Å². The SMILES string of the molecule is CNC(CCCOC)C1C(C)OC(C)C1C. The number of methoxy groups -OCH3 is 1. The molecule has 1 fully saturated rings. The van der Waals surface area contributed by atoms with E-state index >= 15 is 0 Å². The lowest BCUT2D eigenvalue weighted by molar-refractivity contribution is 0.0471. The number of hydrogen-bond acceptors (Lipinski definition) is 3. The van der Waals surface area contributed by atoms with Gasteiger partial charge >= 0.3 is 0 Å². The summed E-state index contributed by atoms with van der Waals surface area (Å²) >= 11 is 0. The Kier molecular flexibility index (Phi) is 5.73. The van der Waals surface area contributed by atoms with Gasteiger partial charge in [0.1, 0.15) is 0 Å². The summed E-state index contributed by atoms with van der Waals surface area (Å²) in [6, 6.07) is 0.546. The van der Waals surface area contributed by atoms with Crippen molar-refractivity contribution in [2.75, 3.05) is 20.8 Å². The van der Waals surface area contributed by atoms with Crippen molar-refractivity contribution >= 4 is 0 Å². The van der Waals surface area contributed by atoms with Crippen LogP contribution in [0.2, 0.25) is 0 Å². The van der Waals surface area contributed by atoms with Gasteiger partial charge in [0.15, 0.2) is 0 Å². The van der Waals surface area contributed by atoms with Crippen molar-refractivity contribution in [1.29, 1.82) is 0 Å². The van der Waals surface area contributed by atoms with Crippen LogP contribution in [0.4, 0.5) is 0 Å². The maximum atomic E-state index is 5.90. The fraction of sp³-hybridized carbons (Fsp3) is 1.00. The number of ether oxygens (including phenoxy) is 2. The van der Waals surface area contributed by atoms with Crippen molar-refractivity contribution in [3.63, 3.8) is 0 Å². The first-order valence-corrected chi connectivity index (χ1v) is 6.43. The van der Waals surface area contributed by atoms with Gasteiger partial charge in [-0.25, -0.2) is 0 Å². The van der Waals surface area contributed by atoms with Gasteiger partial charge in [-0.15, -0.1) is 0 Å². The highest BCUT2D eigenvalue weighted by Crippen LogP contribution is 2.35. The molecular formula is C13H27NO2. The van der Waals surface area contributed by atoms with Gasteiger partial charge in [0.25, 0.3) is 0 Å². The average molecular weight is 229 g/mol. The van der Waals surface area contributed by atoms with Crippen molar-refractivity contribution in [3.8, 4) is 0 Å². The summed E-state index contributed by atoms with van der Waals surface area (Å²) in [6.07, 6.45) is 3.04. The van der Waals surface area contributed by atoms with E-state index in [1.807, 2.05) is 0 Å². The first-order chi connectivity index (χ1) is 7.61. The topological polar surface area (TPSA) is 30.5 Å². The van der Waals surface area contributed by atoms with Crippen molar-refractivity contribution < 1.29 is 9.47 Å². The Hall–Kier alpha value is -0.120. The number of hydrogen-bond donors (Lipinski definition) is 1. The summed E-state index contributed by atoms with van der Waals surface area (Å²) in [6.45, 7) is 7.54. The van der Waals surface area contributed by atoms with Crippen LogP contribution in [-0.4, -0.2) is 39.0 Å². The van der Waals surface area contributed by atoms with E-state index in [1.54, 1.807) is 7.11 Å². The zero-order valence-corrected chi connectivity index (χ0v) is 11.3. The Bertz CT molecular complexity index is 198. The molecule has 0 amide bonds. The van der Waals surface area contributed by atoms with E-state index < -0.39 is 0 Å². The molecule has 1 rings (SSSR count). The minimum Gasteiger partial charge on any atom is -0.385 e. The molecule has 0 saturated carbocycles. The maximum Gasteiger partial charge on any atom is 0.0597 e. The maximum absolute atomic E-state index is 5.90. The quantitative estimate of drug-likeness (QED) is 0.707. The molecule has 0 aromatic heterocycles. The minimum absolute atomic E-state index is 0.366. The van der Waals surface area contributed by atoms with Crippen LogP contribution in [0.3, 0.4) is 0 Å². The summed E-state index contributed by atoms with van der Waals surface area (Å²) in [4.78, 5) is 0. The van der Waals surface area contributed by atoms with E-state index in [1.165, 1.54) is 6.42 Å². The molecule has 1 aliphatic rings. The Morgan fingerprint density at radius 3 is 2.38 bits per heavy atom. The molecule has 0 aromatic rings. The number of rotatable bonds is 6. The van der Waals surface area contributed by atoms with Gasteiger partial charge in [-0.1, -0.05) is 6.92 Å². The fourth-order valence-corrected chi connectivity index (χ4v) is 2.96. The van der Waals surface area contributed by atoms with E-state index in [4.69, 9.17) is 9.47 Å². The third-order valence-corrected chi connectivity index (χ3v) is 4.02. The first-order valence-electron chi connectivity index (χ1n) is 6.43. The molecule has 96 valence electrons. The third kappa shape index (κ3) is 3.19. The molecule has 0 bridgehead atoms. The van der Waals surface area contributed by atoms with Crippen molar-refractivity contribution in [1.82, 2.24) is 5.32 Å². The molecular weight excluding hydrogens is 202 g/mol. The lowest BCUT2D eigenvalue weighted by Crippen LogP contribution is -2.40. The smallest absolute Gasteiger partial charge is 0.0597 e. The monoisotopic (exact) mass is 229 g/mol. The molecule has 0 radical (unpaired) electrons. The van der Waals surface area contributed by atoms with Gasteiger partial charge in [0.05, 0.1) is 12.2 Å². The molecule has 5 atom stereocenters. The molecule has 0 aliphatic carbocycles. The second kappa shape index (κ2) is 6.58. The lowest BCUT2D eigenvalue weighted by Gasteiger charge is -2.28. The normalized spacial score (nSPS) is 36.6. The predicted molar refractivity (Wildman–Crippen MR) is 66.6 cm³/mol. The highest BCUT2D eigenvalue weighted by Gasteiger charge is 2.40. The fourth-order valence-electron chi connectivity index (χ4n) is 2.96. The second-order valence-corrected chi connectivity index (χ2v) is 5.01. The molecule has 3 heteroatoms. The molecule has 5 unspecified atom stereocenters. The van der Waals surface area contributed by atoms with Crippen LogP contribution in [-0.2, 0) is 9.47 Å². The molecule has 1 N–H and O–H groups in total. The number of nitrogens with one attached hydrogen (secondary N) is 1. The molecule has 3 nitrogen and oxygen atoms in total. The van der Waals surface area contributed by atoms with Crippen molar-refractivity contribution in [2.45, 2.75) is 51.9 Å². The second-order valence-electron chi connectivity index (χ2n) is 5.01. The summed E-state index contributed by atoms with van der Waals surface area (Å²) in [5.74, 6) is 1.26. The molecule has 0 spiro atoms. The van der Waals surface area contributed by atoms with Gasteiger partial charge in [-0.3, -0.25) is 0 Å². The Morgan fingerprint density at radius 1 is 1.25 bits per heavy atom. The van der Waals surface area contributed by atoms with Crippen LogP contribution < -0.4 is 5.32 Å². The summed E-state index contributed by atoms with van der Waals surface area (Å²) in [7, 11) is 3.82. The van der Waals surface area contributed by atoms with E-state index in [0.29, 0.717) is 30.1 Å². The largest absolute Gasteiger partial charge is 0.385 e. The third-order valence-electron chi connectivity index (χ3n) is 4.02. The zero-order chi connectivity index (χ0) is 12.1. The Morgan fingerprint density at radius 2 is 1.94 bits per heavy atom. The Balaban J connectivity index is 2.51. The average Bonchev–Trinajstić information content (AvgIpc) is 2.50. The van der Waals surface area contributed by atoms with Crippen LogP contribution in [0.15, 0.2) is 0 Å². The molecule has 1 aliphatic heterocycles. The lowest BCUT2D eigenvalue weighted by atomic mass is 9.82.